The van der Waals surface area contributed by atoms with Crippen LogP contribution >= 0.6 is 0 Å². The van der Waals surface area contributed by atoms with Crippen LogP contribution in [0.25, 0.3) is 0 Å². The van der Waals surface area contributed by atoms with Gasteiger partial charge >= 0.3 is 0 Å². The molecule has 1 heterocycles. The molecule has 0 amide bonds. The second kappa shape index (κ2) is 3.88. The lowest BCUT2D eigenvalue weighted by atomic mass is 10.1. The van der Waals surface area contributed by atoms with Crippen LogP contribution in [0.1, 0.15) is 25.3 Å². The summed E-state index contributed by atoms with van der Waals surface area (Å²) in [6, 6.07) is 1.86. The minimum atomic E-state index is -3.78. The van der Waals surface area contributed by atoms with Gasteiger partial charge in [0.1, 0.15) is 16.1 Å². The monoisotopic (exact) mass is 243 g/mol. The van der Waals surface area contributed by atoms with Crippen molar-refractivity contribution >= 4 is 10.0 Å². The van der Waals surface area contributed by atoms with Crippen molar-refractivity contribution in [2.45, 2.75) is 38.1 Å². The molecule has 88 valence electrons. The van der Waals surface area contributed by atoms with Crippen LogP contribution in [0, 0.1) is 25.2 Å². The van der Waals surface area contributed by atoms with E-state index in [1.165, 1.54) is 27.7 Å². The highest BCUT2D eigenvalue weighted by Gasteiger charge is 2.30. The van der Waals surface area contributed by atoms with E-state index in [1.54, 1.807) is 0 Å². The van der Waals surface area contributed by atoms with Crippen molar-refractivity contribution in [3.8, 4) is 6.07 Å². The molecule has 0 aliphatic rings. The fourth-order valence-corrected chi connectivity index (χ4v) is 2.93. The van der Waals surface area contributed by atoms with Crippen molar-refractivity contribution in [3.63, 3.8) is 0 Å². The molecule has 6 nitrogen and oxygen atoms in total. The van der Waals surface area contributed by atoms with E-state index in [9.17, 15) is 8.42 Å². The zero-order valence-corrected chi connectivity index (χ0v) is 10.3. The van der Waals surface area contributed by atoms with Crippen LogP contribution in [-0.4, -0.2) is 19.1 Å². The molecule has 0 aliphatic heterocycles. The fourth-order valence-electron chi connectivity index (χ4n) is 1.27. The lowest BCUT2D eigenvalue weighted by molar-refractivity contribution is 0.390. The summed E-state index contributed by atoms with van der Waals surface area (Å²) in [6.07, 6.45) is 0. The van der Waals surface area contributed by atoms with Crippen molar-refractivity contribution in [1.82, 2.24) is 9.88 Å². The Labute approximate surface area is 94.3 Å². The second-order valence-electron chi connectivity index (χ2n) is 4.00. The Morgan fingerprint density at radius 1 is 1.44 bits per heavy atom. The molecule has 0 radical (unpaired) electrons. The van der Waals surface area contributed by atoms with Gasteiger partial charge in [-0.15, -0.1) is 0 Å². The molecule has 0 saturated heterocycles. The van der Waals surface area contributed by atoms with Gasteiger partial charge in [0.15, 0.2) is 5.76 Å². The van der Waals surface area contributed by atoms with Gasteiger partial charge in [0.2, 0.25) is 10.0 Å². The first-order valence-electron chi connectivity index (χ1n) is 4.58. The van der Waals surface area contributed by atoms with Gasteiger partial charge in [-0.05, 0) is 27.7 Å². The van der Waals surface area contributed by atoms with Crippen molar-refractivity contribution in [2.75, 3.05) is 0 Å². The van der Waals surface area contributed by atoms with Crippen LogP contribution < -0.4 is 4.72 Å². The molecule has 1 aromatic heterocycles. The number of aromatic nitrogens is 1. The summed E-state index contributed by atoms with van der Waals surface area (Å²) in [7, 11) is -3.78. The Morgan fingerprint density at radius 3 is 2.38 bits per heavy atom. The van der Waals surface area contributed by atoms with E-state index in [1.807, 2.05) is 6.07 Å². The predicted octanol–water partition coefficient (Wildman–Crippen LogP) is 0.872. The number of nitrogens with one attached hydrogen (secondary N) is 1. The highest BCUT2D eigenvalue weighted by atomic mass is 32.2. The Hall–Kier alpha value is -1.39. The standard InChI is InChI=1S/C9H13N3O3S/c1-6-8(7(2)15-11-6)16(13,14)12-9(3,4)5-10/h12H,1-4H3. The maximum Gasteiger partial charge on any atom is 0.247 e. The summed E-state index contributed by atoms with van der Waals surface area (Å²) in [5.74, 6) is 0.207. The third-order valence-electron chi connectivity index (χ3n) is 1.91. The Bertz CT molecular complexity index is 517. The summed E-state index contributed by atoms with van der Waals surface area (Å²) < 4.78 is 30.9. The first kappa shape index (κ1) is 12.7. The molecule has 7 heteroatoms. The molecule has 1 N–H and O–H groups in total. The van der Waals surface area contributed by atoms with Crippen molar-refractivity contribution in [2.24, 2.45) is 0 Å². The SMILES string of the molecule is Cc1noc(C)c1S(=O)(=O)NC(C)(C)C#N. The lowest BCUT2D eigenvalue weighted by Gasteiger charge is -2.16. The highest BCUT2D eigenvalue weighted by molar-refractivity contribution is 7.89. The zero-order valence-electron chi connectivity index (χ0n) is 9.53. The number of nitriles is 1. The number of nitrogens with zero attached hydrogens (tertiary/aromatic N) is 2. The van der Waals surface area contributed by atoms with E-state index in [0.717, 1.165) is 0 Å². The lowest BCUT2D eigenvalue weighted by Crippen LogP contribution is -2.42. The van der Waals surface area contributed by atoms with Crippen LogP contribution in [0.5, 0.6) is 0 Å². The van der Waals surface area contributed by atoms with Gasteiger partial charge in [-0.1, -0.05) is 5.16 Å². The molecule has 0 fully saturated rings. The van der Waals surface area contributed by atoms with Gasteiger partial charge in [0.05, 0.1) is 6.07 Å². The van der Waals surface area contributed by atoms with Crippen LogP contribution in [0.2, 0.25) is 0 Å². The normalized spacial score (nSPS) is 12.4. The summed E-state index contributed by atoms with van der Waals surface area (Å²) in [5.41, 5.74) is -0.895. The van der Waals surface area contributed by atoms with Crippen molar-refractivity contribution in [3.05, 3.63) is 11.5 Å². The zero-order chi connectivity index (χ0) is 12.6. The molecule has 0 aliphatic carbocycles. The van der Waals surface area contributed by atoms with Crippen LogP contribution in [0.4, 0.5) is 0 Å². The van der Waals surface area contributed by atoms with Crippen LogP contribution in [-0.2, 0) is 10.0 Å². The van der Waals surface area contributed by atoms with Gasteiger partial charge in [-0.25, -0.2) is 8.42 Å². The summed E-state index contributed by atoms with van der Waals surface area (Å²) in [4.78, 5) is -0.00387. The van der Waals surface area contributed by atoms with Crippen LogP contribution in [0.3, 0.4) is 0 Å². The smallest absolute Gasteiger partial charge is 0.247 e. The van der Waals surface area contributed by atoms with Gasteiger partial charge in [0.25, 0.3) is 0 Å². The Kier molecular flexibility index (Phi) is 3.08. The molecule has 0 atom stereocenters. The molecule has 1 aromatic rings. The molecule has 0 aromatic carbocycles. The van der Waals surface area contributed by atoms with E-state index in [2.05, 4.69) is 9.88 Å². The molecular weight excluding hydrogens is 230 g/mol. The molecule has 0 unspecified atom stereocenters. The topological polar surface area (TPSA) is 96.0 Å². The number of sulfonamides is 1. The van der Waals surface area contributed by atoms with E-state index in [4.69, 9.17) is 9.78 Å². The first-order valence-corrected chi connectivity index (χ1v) is 6.06. The van der Waals surface area contributed by atoms with Crippen molar-refractivity contribution < 1.29 is 12.9 Å². The number of hydrogen-bond donors (Lipinski definition) is 1. The summed E-state index contributed by atoms with van der Waals surface area (Å²) in [6.45, 7) is 5.99. The number of aryl methyl sites for hydroxylation is 2. The summed E-state index contributed by atoms with van der Waals surface area (Å²) in [5, 5.41) is 12.3. The maximum atomic E-state index is 11.9. The molecule has 0 saturated carbocycles. The fraction of sp³-hybridized carbons (Fsp3) is 0.556. The molecule has 1 rings (SSSR count). The largest absolute Gasteiger partial charge is 0.360 e. The third kappa shape index (κ3) is 2.40. The quantitative estimate of drug-likeness (QED) is 0.849. The van der Waals surface area contributed by atoms with E-state index in [0.29, 0.717) is 0 Å². The average Bonchev–Trinajstić information content (AvgIpc) is 2.44. The third-order valence-corrected chi connectivity index (χ3v) is 3.80. The van der Waals surface area contributed by atoms with E-state index < -0.39 is 15.6 Å². The number of rotatable bonds is 3. The van der Waals surface area contributed by atoms with E-state index >= 15 is 0 Å². The maximum absolute atomic E-state index is 11.9. The van der Waals surface area contributed by atoms with Gasteiger partial charge in [0, 0.05) is 0 Å². The second-order valence-corrected chi connectivity index (χ2v) is 5.61. The van der Waals surface area contributed by atoms with Crippen molar-refractivity contribution in [1.29, 1.82) is 5.26 Å². The first-order chi connectivity index (χ1) is 7.19. The number of hydrogen-bond acceptors (Lipinski definition) is 5. The van der Waals surface area contributed by atoms with Gasteiger partial charge < -0.3 is 4.52 Å². The minimum absolute atomic E-state index is 0.00387. The molecule has 0 spiro atoms. The highest BCUT2D eigenvalue weighted by Crippen LogP contribution is 2.20. The predicted molar refractivity (Wildman–Crippen MR) is 56.0 cm³/mol. The van der Waals surface area contributed by atoms with Gasteiger partial charge in [-0.3, -0.25) is 0 Å². The van der Waals surface area contributed by atoms with E-state index in [-0.39, 0.29) is 16.3 Å². The minimum Gasteiger partial charge on any atom is -0.360 e. The average molecular weight is 243 g/mol. The molecule has 0 bridgehead atoms. The Balaban J connectivity index is 3.20. The van der Waals surface area contributed by atoms with Crippen LogP contribution in [0.15, 0.2) is 9.42 Å². The molecule has 16 heavy (non-hydrogen) atoms. The summed E-state index contributed by atoms with van der Waals surface area (Å²) >= 11 is 0. The molecular formula is C9H13N3O3S. The van der Waals surface area contributed by atoms with Gasteiger partial charge in [-0.2, -0.15) is 9.98 Å². The Morgan fingerprint density at radius 2 is 2.00 bits per heavy atom.